The summed E-state index contributed by atoms with van der Waals surface area (Å²) in [6, 6.07) is 9.45. The van der Waals surface area contributed by atoms with Crippen LogP contribution in [0, 0.1) is 18.3 Å². The van der Waals surface area contributed by atoms with Crippen LogP contribution >= 0.6 is 0 Å². The van der Waals surface area contributed by atoms with Crippen LogP contribution in [0.15, 0.2) is 41.3 Å². The maximum atomic E-state index is 14.4. The fraction of sp³-hybridized carbons (Fsp3) is 0.333. The number of carboxylic acid groups (broad SMARTS) is 1. The number of methoxy groups -OCH3 is 1. The number of aromatic carboxylic acids is 1. The summed E-state index contributed by atoms with van der Waals surface area (Å²) in [4.78, 5) is 30.5. The zero-order chi connectivity index (χ0) is 25.5. The van der Waals surface area contributed by atoms with E-state index in [9.17, 15) is 28.7 Å². The number of carboxylic acids is 1. The van der Waals surface area contributed by atoms with Crippen molar-refractivity contribution in [2.24, 2.45) is 0 Å². The number of aromatic nitrogens is 2. The molecular weight excluding hydrogens is 460 g/mol. The molecule has 1 aliphatic heterocycles. The summed E-state index contributed by atoms with van der Waals surface area (Å²) < 4.78 is 34.9. The summed E-state index contributed by atoms with van der Waals surface area (Å²) in [5, 5.41) is 22.3. The molecule has 2 aromatic heterocycles. The molecule has 1 aromatic carbocycles. The molecule has 0 saturated carbocycles. The second kappa shape index (κ2) is 8.96. The van der Waals surface area contributed by atoms with Crippen LogP contribution in [0.5, 0.6) is 0 Å². The summed E-state index contributed by atoms with van der Waals surface area (Å²) in [5.41, 5.74) is 0.807. The number of nitrogens with one attached hydrogen (secondary N) is 1. The molecule has 2 atom stereocenters. The van der Waals surface area contributed by atoms with Gasteiger partial charge in [0.05, 0.1) is 24.7 Å². The number of aryl methyl sites for hydroxylation is 1. The first kappa shape index (κ1) is 24.1. The van der Waals surface area contributed by atoms with E-state index in [4.69, 9.17) is 4.74 Å². The summed E-state index contributed by atoms with van der Waals surface area (Å²) in [6.07, 6.45) is 0.118. The van der Waals surface area contributed by atoms with Crippen LogP contribution < -0.4 is 15.8 Å². The first-order chi connectivity index (χ1) is 16.6. The highest BCUT2D eigenvalue weighted by Crippen LogP contribution is 2.34. The number of ether oxygens (including phenoxy) is 1. The number of nitriles is 1. The summed E-state index contributed by atoms with van der Waals surface area (Å²) >= 11 is 0. The lowest BCUT2D eigenvalue weighted by atomic mass is 10.1. The maximum absolute atomic E-state index is 14.4. The lowest BCUT2D eigenvalue weighted by molar-refractivity contribution is -0.0889. The van der Waals surface area contributed by atoms with Crippen LogP contribution in [0.1, 0.15) is 40.0 Å². The molecule has 35 heavy (non-hydrogen) atoms. The molecule has 0 bridgehead atoms. The normalized spacial score (nSPS) is 17.8. The molecular formula is C24H23F2N5O4. The Morgan fingerprint density at radius 2 is 2.11 bits per heavy atom. The molecule has 0 spiro atoms. The highest BCUT2D eigenvalue weighted by molar-refractivity contribution is 5.94. The molecule has 0 unspecified atom stereocenters. The number of hydrogen-bond acceptors (Lipinski definition) is 7. The number of fused-ring (bicyclic) bond motifs is 1. The number of alkyl halides is 2. The Kier molecular flexibility index (Phi) is 6.17. The monoisotopic (exact) mass is 483 g/mol. The molecule has 0 aliphatic carbocycles. The molecule has 1 fully saturated rings. The highest BCUT2D eigenvalue weighted by atomic mass is 19.3. The number of benzene rings is 1. The van der Waals surface area contributed by atoms with Gasteiger partial charge in [0.2, 0.25) is 0 Å². The molecule has 2 N–H and O–H groups in total. The topological polar surface area (TPSA) is 120 Å². The van der Waals surface area contributed by atoms with Crippen LogP contribution in [-0.4, -0.2) is 52.7 Å². The Hall–Kier alpha value is -4.04. The van der Waals surface area contributed by atoms with E-state index in [1.54, 1.807) is 38.1 Å². The van der Waals surface area contributed by atoms with E-state index in [0.717, 1.165) is 0 Å². The van der Waals surface area contributed by atoms with Crippen LogP contribution in [0.4, 0.5) is 20.3 Å². The van der Waals surface area contributed by atoms with Crippen molar-refractivity contribution in [2.75, 3.05) is 30.4 Å². The molecule has 0 radical (unpaired) electrons. The third-order valence-electron chi connectivity index (χ3n) is 6.02. The number of carbonyl (C=O) groups is 1. The smallest absolute Gasteiger partial charge is 0.337 e. The number of pyridine rings is 1. The minimum atomic E-state index is -3.18. The Labute approximate surface area is 199 Å². The molecule has 9 nitrogen and oxygen atoms in total. The number of halogens is 2. The van der Waals surface area contributed by atoms with Crippen molar-refractivity contribution in [3.05, 3.63) is 69.1 Å². The Balaban J connectivity index is 1.86. The number of hydrogen-bond donors (Lipinski definition) is 2. The zero-order valence-corrected chi connectivity index (χ0v) is 19.2. The predicted molar refractivity (Wildman–Crippen MR) is 124 cm³/mol. The number of para-hydroxylation sites is 1. The quantitative estimate of drug-likeness (QED) is 0.549. The van der Waals surface area contributed by atoms with Gasteiger partial charge in [-0.05, 0) is 37.6 Å². The van der Waals surface area contributed by atoms with Gasteiger partial charge in [0.1, 0.15) is 17.8 Å². The van der Waals surface area contributed by atoms with Crippen molar-refractivity contribution in [1.82, 2.24) is 9.38 Å². The van der Waals surface area contributed by atoms with Gasteiger partial charge in [-0.25, -0.2) is 18.6 Å². The minimum absolute atomic E-state index is 0.0683. The van der Waals surface area contributed by atoms with Crippen molar-refractivity contribution >= 4 is 23.1 Å². The van der Waals surface area contributed by atoms with Crippen LogP contribution in [0.3, 0.4) is 0 Å². The molecule has 11 heteroatoms. The third-order valence-corrected chi connectivity index (χ3v) is 6.02. The molecule has 3 heterocycles. The first-order valence-electron chi connectivity index (χ1n) is 10.8. The Morgan fingerprint density at radius 1 is 1.40 bits per heavy atom. The lowest BCUT2D eigenvalue weighted by Gasteiger charge is -2.22. The van der Waals surface area contributed by atoms with Gasteiger partial charge in [0.25, 0.3) is 11.5 Å². The SMILES string of the molecule is CO[C@H]1CN(c2nc3c([C@@H](C)Nc4ccccc4C(=O)O)cc(C)cn3c(=O)c2C#N)CC1(F)F. The Bertz CT molecular complexity index is 1420. The minimum Gasteiger partial charge on any atom is -0.478 e. The van der Waals surface area contributed by atoms with Gasteiger partial charge in [-0.1, -0.05) is 12.1 Å². The van der Waals surface area contributed by atoms with Gasteiger partial charge in [-0.15, -0.1) is 0 Å². The summed E-state index contributed by atoms with van der Waals surface area (Å²) in [5.74, 6) is -4.42. The molecule has 182 valence electrons. The Morgan fingerprint density at radius 3 is 2.74 bits per heavy atom. The van der Waals surface area contributed by atoms with Crippen molar-refractivity contribution in [2.45, 2.75) is 31.9 Å². The van der Waals surface area contributed by atoms with Crippen LogP contribution in [0.25, 0.3) is 5.65 Å². The van der Waals surface area contributed by atoms with Gasteiger partial charge >= 0.3 is 5.97 Å². The molecule has 1 aliphatic rings. The molecule has 4 rings (SSSR count). The van der Waals surface area contributed by atoms with E-state index in [1.165, 1.54) is 28.7 Å². The molecule has 0 amide bonds. The van der Waals surface area contributed by atoms with Gasteiger partial charge in [-0.3, -0.25) is 9.20 Å². The van der Waals surface area contributed by atoms with E-state index >= 15 is 0 Å². The first-order valence-corrected chi connectivity index (χ1v) is 10.8. The van der Waals surface area contributed by atoms with E-state index in [1.807, 2.05) is 6.07 Å². The average molecular weight is 483 g/mol. The number of anilines is 2. The second-order valence-corrected chi connectivity index (χ2v) is 8.48. The average Bonchev–Trinajstić information content (AvgIpc) is 3.13. The standard InChI is InChI=1S/C24H23F2N5O4/c1-13-8-16(14(2)28-18-7-5-4-6-15(18)23(33)34)21-29-20(17(9-27)22(32)31(21)10-13)30-11-19(35-3)24(25,26)12-30/h4-8,10,14,19,28H,11-12H2,1-3H3,(H,33,34)/t14-,19+/m1/s1. The van der Waals surface area contributed by atoms with E-state index in [-0.39, 0.29) is 29.1 Å². The largest absolute Gasteiger partial charge is 0.478 e. The highest BCUT2D eigenvalue weighted by Gasteiger charge is 2.49. The van der Waals surface area contributed by atoms with E-state index in [2.05, 4.69) is 10.3 Å². The van der Waals surface area contributed by atoms with Gasteiger partial charge in [-0.2, -0.15) is 5.26 Å². The summed E-state index contributed by atoms with van der Waals surface area (Å²) in [7, 11) is 1.18. The maximum Gasteiger partial charge on any atom is 0.337 e. The second-order valence-electron chi connectivity index (χ2n) is 8.48. The van der Waals surface area contributed by atoms with Gasteiger partial charge < -0.3 is 20.1 Å². The number of rotatable bonds is 6. The fourth-order valence-electron chi connectivity index (χ4n) is 4.31. The number of nitrogens with zero attached hydrogens (tertiary/aromatic N) is 4. The van der Waals surface area contributed by atoms with Crippen LogP contribution in [-0.2, 0) is 4.74 Å². The van der Waals surface area contributed by atoms with Crippen molar-refractivity contribution in [1.29, 1.82) is 5.26 Å². The fourth-order valence-corrected chi connectivity index (χ4v) is 4.31. The van der Waals surface area contributed by atoms with Crippen molar-refractivity contribution < 1.29 is 23.4 Å². The zero-order valence-electron chi connectivity index (χ0n) is 19.2. The van der Waals surface area contributed by atoms with E-state index < -0.39 is 36.1 Å². The van der Waals surface area contributed by atoms with E-state index in [0.29, 0.717) is 16.8 Å². The molecule has 1 saturated heterocycles. The summed E-state index contributed by atoms with van der Waals surface area (Å²) in [6.45, 7) is 2.55. The lowest BCUT2D eigenvalue weighted by Crippen LogP contribution is -2.33. The molecule has 3 aromatic rings. The predicted octanol–water partition coefficient (Wildman–Crippen LogP) is 3.22. The van der Waals surface area contributed by atoms with Crippen molar-refractivity contribution in [3.63, 3.8) is 0 Å². The van der Waals surface area contributed by atoms with Gasteiger partial charge in [0, 0.05) is 24.6 Å². The van der Waals surface area contributed by atoms with Crippen molar-refractivity contribution in [3.8, 4) is 6.07 Å². The third kappa shape index (κ3) is 4.28. The van der Waals surface area contributed by atoms with Gasteiger partial charge in [0.15, 0.2) is 11.4 Å². The van der Waals surface area contributed by atoms with Crippen LogP contribution in [0.2, 0.25) is 0 Å².